The van der Waals surface area contributed by atoms with Crippen molar-refractivity contribution in [1.82, 2.24) is 0 Å². The van der Waals surface area contributed by atoms with Gasteiger partial charge in [0.1, 0.15) is 0 Å². The Hall–Kier alpha value is -1.52. The van der Waals surface area contributed by atoms with E-state index in [9.17, 15) is 18.0 Å². The molecule has 0 bridgehead atoms. The van der Waals surface area contributed by atoms with Gasteiger partial charge >= 0.3 is 12.1 Å². The molecule has 1 saturated carbocycles. The maximum atomic E-state index is 12.6. The molecule has 0 amide bonds. The molecule has 5 heteroatoms. The van der Waals surface area contributed by atoms with Crippen LogP contribution < -0.4 is 0 Å². The zero-order valence-corrected chi connectivity index (χ0v) is 11.2. The number of alkyl halides is 3. The predicted molar refractivity (Wildman–Crippen MR) is 68.2 cm³/mol. The van der Waals surface area contributed by atoms with Crippen LogP contribution in [0.5, 0.6) is 0 Å². The topological polar surface area (TPSA) is 26.3 Å². The first-order valence-electron chi connectivity index (χ1n) is 6.68. The molecule has 1 aromatic rings. The second kappa shape index (κ2) is 5.85. The average Bonchev–Trinajstić information content (AvgIpc) is 2.92. The summed E-state index contributed by atoms with van der Waals surface area (Å²) in [4.78, 5) is 11.9. The second-order valence-corrected chi connectivity index (χ2v) is 5.17. The molecular formula is C15H17F3O2. The van der Waals surface area contributed by atoms with Crippen LogP contribution in [0.4, 0.5) is 13.2 Å². The molecule has 1 aliphatic carbocycles. The highest BCUT2D eigenvalue weighted by molar-refractivity contribution is 5.78. The number of carbonyl (C=O) groups excluding carboxylic acids is 1. The fourth-order valence-electron chi connectivity index (χ4n) is 2.90. The molecule has 0 spiro atoms. The van der Waals surface area contributed by atoms with E-state index in [0.717, 1.165) is 37.8 Å². The van der Waals surface area contributed by atoms with Crippen LogP contribution in [0.3, 0.4) is 0 Å². The van der Waals surface area contributed by atoms with Gasteiger partial charge in [0, 0.05) is 0 Å². The zero-order chi connectivity index (χ0) is 14.8. The quantitative estimate of drug-likeness (QED) is 0.780. The lowest BCUT2D eigenvalue weighted by molar-refractivity contribution is -0.143. The number of esters is 1. The number of carbonyl (C=O) groups is 1. The molecule has 2 rings (SSSR count). The third-order valence-electron chi connectivity index (χ3n) is 3.92. The molecule has 2 nitrogen and oxygen atoms in total. The maximum absolute atomic E-state index is 12.6. The van der Waals surface area contributed by atoms with Crippen molar-refractivity contribution in [3.63, 3.8) is 0 Å². The summed E-state index contributed by atoms with van der Waals surface area (Å²) in [6.45, 7) is 0. The van der Waals surface area contributed by atoms with Gasteiger partial charge in [-0.15, -0.1) is 0 Å². The van der Waals surface area contributed by atoms with Gasteiger partial charge in [0.15, 0.2) is 0 Å². The fourth-order valence-corrected chi connectivity index (χ4v) is 2.90. The van der Waals surface area contributed by atoms with Crippen LogP contribution in [0.25, 0.3) is 0 Å². The van der Waals surface area contributed by atoms with Gasteiger partial charge in [0.25, 0.3) is 0 Å². The summed E-state index contributed by atoms with van der Waals surface area (Å²) < 4.78 is 42.5. The van der Waals surface area contributed by atoms with Crippen LogP contribution in [0.2, 0.25) is 0 Å². The lowest BCUT2D eigenvalue weighted by atomic mass is 9.84. The molecule has 1 fully saturated rings. The van der Waals surface area contributed by atoms with E-state index in [4.69, 9.17) is 4.74 Å². The summed E-state index contributed by atoms with van der Waals surface area (Å²) >= 11 is 0. The lowest BCUT2D eigenvalue weighted by Crippen LogP contribution is -2.21. The zero-order valence-electron chi connectivity index (χ0n) is 11.2. The number of hydrogen-bond acceptors (Lipinski definition) is 2. The van der Waals surface area contributed by atoms with Crippen LogP contribution in [0.15, 0.2) is 24.3 Å². The van der Waals surface area contributed by atoms with Gasteiger partial charge in [-0.25, -0.2) is 0 Å². The SMILES string of the molecule is COC(=O)C(c1ccc(C(F)(F)F)cc1)C1CCCC1. The Bertz CT molecular complexity index is 459. The normalized spacial score (nSPS) is 18.0. The van der Waals surface area contributed by atoms with Crippen molar-refractivity contribution >= 4 is 5.97 Å². The number of ether oxygens (including phenoxy) is 1. The van der Waals surface area contributed by atoms with Crippen LogP contribution in [-0.2, 0) is 15.7 Å². The summed E-state index contributed by atoms with van der Waals surface area (Å²) in [5, 5.41) is 0. The molecule has 0 radical (unpaired) electrons. The van der Waals surface area contributed by atoms with Crippen LogP contribution >= 0.6 is 0 Å². The van der Waals surface area contributed by atoms with Crippen molar-refractivity contribution in [2.75, 3.05) is 7.11 Å². The maximum Gasteiger partial charge on any atom is 0.416 e. The second-order valence-electron chi connectivity index (χ2n) is 5.17. The third-order valence-corrected chi connectivity index (χ3v) is 3.92. The molecule has 1 aromatic carbocycles. The van der Waals surface area contributed by atoms with Crippen LogP contribution in [-0.4, -0.2) is 13.1 Å². The van der Waals surface area contributed by atoms with E-state index in [1.165, 1.54) is 19.2 Å². The molecule has 0 aromatic heterocycles. The molecule has 1 atom stereocenters. The minimum absolute atomic E-state index is 0.166. The molecule has 1 aliphatic rings. The van der Waals surface area contributed by atoms with Crippen molar-refractivity contribution < 1.29 is 22.7 Å². The first-order valence-corrected chi connectivity index (χ1v) is 6.68. The summed E-state index contributed by atoms with van der Waals surface area (Å²) in [6.07, 6.45) is -0.411. The van der Waals surface area contributed by atoms with E-state index >= 15 is 0 Å². The van der Waals surface area contributed by atoms with E-state index in [0.29, 0.717) is 5.56 Å². The molecule has 0 N–H and O–H groups in total. The van der Waals surface area contributed by atoms with Gasteiger partial charge in [-0.1, -0.05) is 25.0 Å². The Kier molecular flexibility index (Phi) is 4.35. The first-order chi connectivity index (χ1) is 9.43. The number of rotatable bonds is 3. The van der Waals surface area contributed by atoms with E-state index < -0.39 is 17.7 Å². The van der Waals surface area contributed by atoms with E-state index in [-0.39, 0.29) is 11.9 Å². The van der Waals surface area contributed by atoms with E-state index in [2.05, 4.69) is 0 Å². The minimum atomic E-state index is -4.35. The van der Waals surface area contributed by atoms with Gasteiger partial charge in [-0.3, -0.25) is 4.79 Å². The number of methoxy groups -OCH3 is 1. The molecule has 20 heavy (non-hydrogen) atoms. The molecule has 1 unspecified atom stereocenters. The standard InChI is InChI=1S/C15H17F3O2/c1-20-14(19)13(10-4-2-3-5-10)11-6-8-12(9-7-11)15(16,17)18/h6-10,13H,2-5H2,1H3. The third kappa shape index (κ3) is 3.14. The molecule has 110 valence electrons. The summed E-state index contributed by atoms with van der Waals surface area (Å²) in [6, 6.07) is 4.84. The monoisotopic (exact) mass is 286 g/mol. The molecule has 0 aliphatic heterocycles. The molecule has 0 saturated heterocycles. The Morgan fingerprint density at radius 2 is 1.75 bits per heavy atom. The van der Waals surface area contributed by atoms with Gasteiger partial charge in [0.2, 0.25) is 0 Å². The van der Waals surface area contributed by atoms with E-state index in [1.807, 2.05) is 0 Å². The Labute approximate surface area is 115 Å². The number of halogens is 3. The summed E-state index contributed by atoms with van der Waals surface area (Å²) in [7, 11) is 1.31. The Morgan fingerprint density at radius 3 is 2.20 bits per heavy atom. The lowest BCUT2D eigenvalue weighted by Gasteiger charge is -2.21. The average molecular weight is 286 g/mol. The van der Waals surface area contributed by atoms with Gasteiger partial charge < -0.3 is 4.74 Å². The largest absolute Gasteiger partial charge is 0.469 e. The highest BCUT2D eigenvalue weighted by Crippen LogP contribution is 2.39. The number of hydrogen-bond donors (Lipinski definition) is 0. The van der Waals surface area contributed by atoms with Crippen molar-refractivity contribution in [2.45, 2.75) is 37.8 Å². The summed E-state index contributed by atoms with van der Waals surface area (Å²) in [5.74, 6) is -0.652. The van der Waals surface area contributed by atoms with Crippen molar-refractivity contribution in [3.05, 3.63) is 35.4 Å². The van der Waals surface area contributed by atoms with Gasteiger partial charge in [-0.2, -0.15) is 13.2 Å². The minimum Gasteiger partial charge on any atom is -0.469 e. The highest BCUT2D eigenvalue weighted by Gasteiger charge is 2.34. The molecular weight excluding hydrogens is 269 g/mol. The van der Waals surface area contributed by atoms with Gasteiger partial charge in [-0.05, 0) is 36.5 Å². The van der Waals surface area contributed by atoms with Crippen LogP contribution in [0, 0.1) is 5.92 Å². The Balaban J connectivity index is 2.27. The number of benzene rings is 1. The van der Waals surface area contributed by atoms with E-state index in [1.54, 1.807) is 0 Å². The van der Waals surface area contributed by atoms with Crippen molar-refractivity contribution in [3.8, 4) is 0 Å². The summed E-state index contributed by atoms with van der Waals surface area (Å²) in [5.41, 5.74) is -0.0898. The van der Waals surface area contributed by atoms with Gasteiger partial charge in [0.05, 0.1) is 18.6 Å². The predicted octanol–water partition coefficient (Wildman–Crippen LogP) is 4.15. The smallest absolute Gasteiger partial charge is 0.416 e. The Morgan fingerprint density at radius 1 is 1.20 bits per heavy atom. The first kappa shape index (κ1) is 14.9. The van der Waals surface area contributed by atoms with Crippen molar-refractivity contribution in [2.24, 2.45) is 5.92 Å². The van der Waals surface area contributed by atoms with Crippen LogP contribution in [0.1, 0.15) is 42.7 Å². The van der Waals surface area contributed by atoms with Crippen molar-refractivity contribution in [1.29, 1.82) is 0 Å². The highest BCUT2D eigenvalue weighted by atomic mass is 19.4. The molecule has 0 heterocycles. The fraction of sp³-hybridized carbons (Fsp3) is 0.533.